The van der Waals surface area contributed by atoms with Gasteiger partial charge in [0.25, 0.3) is 5.56 Å². The minimum Gasteiger partial charge on any atom is -0.396 e. The molecule has 1 heterocycles. The fraction of sp³-hybridized carbons (Fsp3) is 0.688. The number of nitrogens with zero attached hydrogens (tertiary/aromatic N) is 1. The van der Waals surface area contributed by atoms with E-state index < -0.39 is 0 Å². The number of anilines is 1. The number of pyridine rings is 1. The summed E-state index contributed by atoms with van der Waals surface area (Å²) in [7, 11) is 0. The van der Waals surface area contributed by atoms with Gasteiger partial charge in [0.15, 0.2) is 0 Å². The molecule has 0 spiro atoms. The van der Waals surface area contributed by atoms with E-state index in [2.05, 4.69) is 12.2 Å². The smallest absolute Gasteiger partial charge is 0.250 e. The number of rotatable bonds is 6. The topological polar surface area (TPSA) is 54.3 Å². The van der Waals surface area contributed by atoms with Crippen LogP contribution in [0.4, 0.5) is 5.69 Å². The van der Waals surface area contributed by atoms with Crippen LogP contribution in [0.3, 0.4) is 0 Å². The fourth-order valence-corrected chi connectivity index (χ4v) is 3.03. The van der Waals surface area contributed by atoms with E-state index in [-0.39, 0.29) is 17.6 Å². The van der Waals surface area contributed by atoms with Crippen LogP contribution in [0, 0.1) is 5.41 Å². The molecule has 1 fully saturated rings. The van der Waals surface area contributed by atoms with Gasteiger partial charge in [-0.1, -0.05) is 26.2 Å². The molecule has 1 aliphatic rings. The van der Waals surface area contributed by atoms with Crippen LogP contribution in [-0.4, -0.2) is 22.8 Å². The van der Waals surface area contributed by atoms with Crippen LogP contribution in [0.1, 0.15) is 45.4 Å². The molecule has 4 nitrogen and oxygen atoms in total. The van der Waals surface area contributed by atoms with E-state index >= 15 is 0 Å². The standard InChI is InChI=1S/C16H26N2O2/c1-2-10-18-11-14(6-7-15(18)20)17-12-16(13-19)8-4-3-5-9-16/h6-7,11,17,19H,2-5,8-10,12-13H2,1H3. The summed E-state index contributed by atoms with van der Waals surface area (Å²) < 4.78 is 1.74. The summed E-state index contributed by atoms with van der Waals surface area (Å²) in [6, 6.07) is 3.45. The van der Waals surface area contributed by atoms with E-state index in [0.717, 1.165) is 38.0 Å². The molecule has 1 aromatic rings. The van der Waals surface area contributed by atoms with Gasteiger partial charge in [-0.15, -0.1) is 0 Å². The van der Waals surface area contributed by atoms with Gasteiger partial charge >= 0.3 is 0 Å². The predicted octanol–water partition coefficient (Wildman–Crippen LogP) is 2.61. The molecule has 0 saturated heterocycles. The Kier molecular flexibility index (Phi) is 5.24. The summed E-state index contributed by atoms with van der Waals surface area (Å²) in [5, 5.41) is 13.1. The first kappa shape index (κ1) is 15.1. The molecule has 1 aliphatic carbocycles. The SMILES string of the molecule is CCCn1cc(NCC2(CO)CCCCC2)ccc1=O. The average Bonchev–Trinajstić information content (AvgIpc) is 2.49. The molecule has 20 heavy (non-hydrogen) atoms. The Labute approximate surface area is 120 Å². The van der Waals surface area contributed by atoms with Gasteiger partial charge in [0, 0.05) is 30.8 Å². The third-order valence-electron chi connectivity index (χ3n) is 4.37. The Hall–Kier alpha value is -1.29. The van der Waals surface area contributed by atoms with Gasteiger partial charge in [-0.3, -0.25) is 4.79 Å². The summed E-state index contributed by atoms with van der Waals surface area (Å²) >= 11 is 0. The number of aliphatic hydroxyl groups excluding tert-OH is 1. The average molecular weight is 278 g/mol. The van der Waals surface area contributed by atoms with Crippen LogP contribution in [0.2, 0.25) is 0 Å². The van der Waals surface area contributed by atoms with E-state index in [9.17, 15) is 9.90 Å². The lowest BCUT2D eigenvalue weighted by atomic mass is 9.74. The van der Waals surface area contributed by atoms with Crippen molar-refractivity contribution in [2.24, 2.45) is 5.41 Å². The maximum atomic E-state index is 11.7. The second-order valence-electron chi connectivity index (χ2n) is 6.02. The molecule has 0 aliphatic heterocycles. The molecule has 1 saturated carbocycles. The highest BCUT2D eigenvalue weighted by Crippen LogP contribution is 2.35. The molecule has 0 radical (unpaired) electrons. The van der Waals surface area contributed by atoms with Gasteiger partial charge < -0.3 is 15.0 Å². The Morgan fingerprint density at radius 2 is 2.05 bits per heavy atom. The summed E-state index contributed by atoms with van der Waals surface area (Å²) in [6.07, 6.45) is 8.71. The van der Waals surface area contributed by atoms with Gasteiger partial charge in [-0.25, -0.2) is 0 Å². The van der Waals surface area contributed by atoms with Gasteiger partial charge in [-0.05, 0) is 25.3 Å². The number of aliphatic hydroxyl groups is 1. The lowest BCUT2D eigenvalue weighted by Gasteiger charge is -2.36. The summed E-state index contributed by atoms with van der Waals surface area (Å²) in [5.41, 5.74) is 1.03. The Balaban J connectivity index is 2.02. The van der Waals surface area contributed by atoms with E-state index in [1.807, 2.05) is 12.3 Å². The van der Waals surface area contributed by atoms with E-state index in [4.69, 9.17) is 0 Å². The molecular weight excluding hydrogens is 252 g/mol. The molecular formula is C16H26N2O2. The van der Waals surface area contributed by atoms with Gasteiger partial charge in [0.1, 0.15) is 0 Å². The maximum Gasteiger partial charge on any atom is 0.250 e. The van der Waals surface area contributed by atoms with E-state index in [1.165, 1.54) is 19.3 Å². The molecule has 0 bridgehead atoms. The lowest BCUT2D eigenvalue weighted by molar-refractivity contribution is 0.0944. The van der Waals surface area contributed by atoms with Crippen molar-refractivity contribution < 1.29 is 5.11 Å². The monoisotopic (exact) mass is 278 g/mol. The molecule has 4 heteroatoms. The largest absolute Gasteiger partial charge is 0.396 e. The lowest BCUT2D eigenvalue weighted by Crippen LogP contribution is -2.35. The zero-order chi connectivity index (χ0) is 14.4. The van der Waals surface area contributed by atoms with Crippen LogP contribution in [0.5, 0.6) is 0 Å². The van der Waals surface area contributed by atoms with E-state index in [0.29, 0.717) is 0 Å². The number of hydrogen-bond acceptors (Lipinski definition) is 3. The highest BCUT2D eigenvalue weighted by molar-refractivity contribution is 5.40. The van der Waals surface area contributed by atoms with Crippen molar-refractivity contribution in [3.63, 3.8) is 0 Å². The van der Waals surface area contributed by atoms with Crippen molar-refractivity contribution in [2.45, 2.75) is 52.0 Å². The normalized spacial score (nSPS) is 17.9. The van der Waals surface area contributed by atoms with Crippen molar-refractivity contribution in [3.8, 4) is 0 Å². The van der Waals surface area contributed by atoms with Crippen molar-refractivity contribution >= 4 is 5.69 Å². The van der Waals surface area contributed by atoms with Crippen LogP contribution >= 0.6 is 0 Å². The Morgan fingerprint density at radius 3 is 2.70 bits per heavy atom. The van der Waals surface area contributed by atoms with Crippen LogP contribution < -0.4 is 10.9 Å². The van der Waals surface area contributed by atoms with Crippen LogP contribution in [0.25, 0.3) is 0 Å². The molecule has 0 aromatic carbocycles. The molecule has 0 atom stereocenters. The molecule has 0 unspecified atom stereocenters. The Bertz CT molecular complexity index is 476. The molecule has 1 aromatic heterocycles. The maximum absolute atomic E-state index is 11.7. The quantitative estimate of drug-likeness (QED) is 0.841. The molecule has 0 amide bonds. The number of aryl methyl sites for hydroxylation is 1. The number of aromatic nitrogens is 1. The zero-order valence-corrected chi connectivity index (χ0v) is 12.4. The van der Waals surface area contributed by atoms with Gasteiger partial charge in [0.2, 0.25) is 0 Å². The van der Waals surface area contributed by atoms with Crippen molar-refractivity contribution in [1.29, 1.82) is 0 Å². The van der Waals surface area contributed by atoms with Crippen molar-refractivity contribution in [2.75, 3.05) is 18.5 Å². The molecule has 2 rings (SSSR count). The third kappa shape index (κ3) is 3.63. The first-order chi connectivity index (χ1) is 9.69. The predicted molar refractivity (Wildman–Crippen MR) is 82.1 cm³/mol. The third-order valence-corrected chi connectivity index (χ3v) is 4.37. The van der Waals surface area contributed by atoms with Crippen molar-refractivity contribution in [3.05, 3.63) is 28.7 Å². The zero-order valence-electron chi connectivity index (χ0n) is 12.4. The summed E-state index contributed by atoms with van der Waals surface area (Å²) in [5.74, 6) is 0. The first-order valence-corrected chi connectivity index (χ1v) is 7.74. The van der Waals surface area contributed by atoms with Gasteiger partial charge in [-0.2, -0.15) is 0 Å². The second-order valence-corrected chi connectivity index (χ2v) is 6.02. The number of nitrogens with one attached hydrogen (secondary N) is 1. The second kappa shape index (κ2) is 6.93. The number of hydrogen-bond donors (Lipinski definition) is 2. The highest BCUT2D eigenvalue weighted by atomic mass is 16.3. The van der Waals surface area contributed by atoms with Gasteiger partial charge in [0.05, 0.1) is 12.3 Å². The van der Waals surface area contributed by atoms with Crippen LogP contribution in [0.15, 0.2) is 23.1 Å². The molecule has 112 valence electrons. The van der Waals surface area contributed by atoms with Crippen LogP contribution in [-0.2, 0) is 6.54 Å². The molecule has 2 N–H and O–H groups in total. The minimum absolute atomic E-state index is 0.0178. The summed E-state index contributed by atoms with van der Waals surface area (Å²) in [6.45, 7) is 3.84. The Morgan fingerprint density at radius 1 is 1.30 bits per heavy atom. The fourth-order valence-electron chi connectivity index (χ4n) is 3.03. The summed E-state index contributed by atoms with van der Waals surface area (Å²) in [4.78, 5) is 11.7. The van der Waals surface area contributed by atoms with E-state index in [1.54, 1.807) is 10.6 Å². The first-order valence-electron chi connectivity index (χ1n) is 7.74. The van der Waals surface area contributed by atoms with Crippen molar-refractivity contribution in [1.82, 2.24) is 4.57 Å². The minimum atomic E-state index is 0.0178. The highest BCUT2D eigenvalue weighted by Gasteiger charge is 2.31.